The summed E-state index contributed by atoms with van der Waals surface area (Å²) in [5.41, 5.74) is 1.42. The molecule has 21 heavy (non-hydrogen) atoms. The van der Waals surface area contributed by atoms with E-state index in [0.717, 1.165) is 23.7 Å². The molecular weight excluding hydrogens is 282 g/mol. The second kappa shape index (κ2) is 5.74. The third-order valence-corrected chi connectivity index (χ3v) is 4.24. The maximum Gasteiger partial charge on any atom is 0.252 e. The molecular formula is C16H15N3OS. The van der Waals surface area contributed by atoms with Crippen molar-refractivity contribution in [3.63, 3.8) is 0 Å². The molecule has 1 aromatic heterocycles. The van der Waals surface area contributed by atoms with Gasteiger partial charge in [0.2, 0.25) is 0 Å². The molecule has 106 valence electrons. The van der Waals surface area contributed by atoms with Gasteiger partial charge in [-0.15, -0.1) is 0 Å². The minimum Gasteiger partial charge on any atom is -0.349 e. The van der Waals surface area contributed by atoms with Crippen LogP contribution in [-0.2, 0) is 0 Å². The molecule has 0 aliphatic heterocycles. The number of amides is 1. The van der Waals surface area contributed by atoms with E-state index < -0.39 is 0 Å². The molecule has 5 heteroatoms. The van der Waals surface area contributed by atoms with Gasteiger partial charge < -0.3 is 5.32 Å². The van der Waals surface area contributed by atoms with Crippen molar-refractivity contribution in [3.05, 3.63) is 35.9 Å². The first kappa shape index (κ1) is 13.9. The maximum atomic E-state index is 12.4. The number of nitriles is 1. The summed E-state index contributed by atoms with van der Waals surface area (Å²) in [5, 5.41) is 13.3. The van der Waals surface area contributed by atoms with Crippen LogP contribution >= 0.6 is 11.8 Å². The highest BCUT2D eigenvalue weighted by atomic mass is 32.2. The monoisotopic (exact) mass is 297 g/mol. The van der Waals surface area contributed by atoms with Crippen LogP contribution in [0.4, 0.5) is 0 Å². The highest BCUT2D eigenvalue weighted by Crippen LogP contribution is 2.27. The fourth-order valence-corrected chi connectivity index (χ4v) is 2.85. The molecule has 1 aliphatic rings. The zero-order valence-electron chi connectivity index (χ0n) is 11.7. The number of para-hydroxylation sites is 1. The number of thioether (sulfide) groups is 1. The van der Waals surface area contributed by atoms with E-state index in [-0.39, 0.29) is 11.2 Å². The molecule has 2 aromatic rings. The summed E-state index contributed by atoms with van der Waals surface area (Å²) in [5.74, 6) is -0.0532. The number of rotatable bonds is 4. The van der Waals surface area contributed by atoms with E-state index in [1.165, 1.54) is 11.8 Å². The highest BCUT2D eigenvalue weighted by molar-refractivity contribution is 8.00. The average molecular weight is 297 g/mol. The fourth-order valence-electron chi connectivity index (χ4n) is 2.10. The van der Waals surface area contributed by atoms with Gasteiger partial charge in [-0.1, -0.05) is 30.0 Å². The highest BCUT2D eigenvalue weighted by Gasteiger charge is 2.25. The van der Waals surface area contributed by atoms with Gasteiger partial charge in [0.25, 0.3) is 5.91 Å². The Balaban J connectivity index is 2.02. The van der Waals surface area contributed by atoms with Crippen molar-refractivity contribution < 1.29 is 4.79 Å². The van der Waals surface area contributed by atoms with Crippen molar-refractivity contribution in [2.45, 2.75) is 36.1 Å². The quantitative estimate of drug-likeness (QED) is 0.880. The van der Waals surface area contributed by atoms with E-state index in [1.54, 1.807) is 6.07 Å². The lowest BCUT2D eigenvalue weighted by Gasteiger charge is -2.10. The number of nitrogens with one attached hydrogen (secondary N) is 1. The van der Waals surface area contributed by atoms with Crippen molar-refractivity contribution in [2.24, 2.45) is 0 Å². The van der Waals surface area contributed by atoms with Gasteiger partial charge in [0.1, 0.15) is 0 Å². The Labute approximate surface area is 127 Å². The molecule has 1 atom stereocenters. The van der Waals surface area contributed by atoms with Crippen LogP contribution in [0.15, 0.2) is 35.4 Å². The zero-order valence-corrected chi connectivity index (χ0v) is 12.5. The van der Waals surface area contributed by atoms with Crippen LogP contribution in [0.1, 0.15) is 30.1 Å². The molecule has 1 fully saturated rings. The van der Waals surface area contributed by atoms with Crippen molar-refractivity contribution in [3.8, 4) is 6.07 Å². The molecule has 4 nitrogen and oxygen atoms in total. The summed E-state index contributed by atoms with van der Waals surface area (Å²) < 4.78 is 0. The number of nitrogens with zero attached hydrogens (tertiary/aromatic N) is 2. The van der Waals surface area contributed by atoms with Crippen LogP contribution in [0.2, 0.25) is 0 Å². The first-order chi connectivity index (χ1) is 10.2. The van der Waals surface area contributed by atoms with Crippen LogP contribution in [0.3, 0.4) is 0 Å². The number of pyridine rings is 1. The van der Waals surface area contributed by atoms with E-state index in [2.05, 4.69) is 16.4 Å². The van der Waals surface area contributed by atoms with E-state index in [9.17, 15) is 4.79 Å². The van der Waals surface area contributed by atoms with Crippen LogP contribution in [0.25, 0.3) is 10.9 Å². The van der Waals surface area contributed by atoms with Gasteiger partial charge in [0.15, 0.2) is 0 Å². The van der Waals surface area contributed by atoms with Crippen LogP contribution in [0, 0.1) is 11.3 Å². The average Bonchev–Trinajstić information content (AvgIpc) is 3.30. The minimum absolute atomic E-state index is 0.0532. The van der Waals surface area contributed by atoms with Crippen LogP contribution in [-0.4, -0.2) is 22.2 Å². The van der Waals surface area contributed by atoms with Crippen molar-refractivity contribution in [1.29, 1.82) is 5.26 Å². The lowest BCUT2D eigenvalue weighted by atomic mass is 10.1. The number of benzene rings is 1. The third kappa shape index (κ3) is 3.17. The lowest BCUT2D eigenvalue weighted by molar-refractivity contribution is 0.0952. The van der Waals surface area contributed by atoms with Gasteiger partial charge >= 0.3 is 0 Å². The SMILES string of the molecule is C[C@@H](C#N)Sc1cc(C(=O)NC2CC2)c2ccccc2n1. The number of carbonyl (C=O) groups is 1. The Hall–Kier alpha value is -2.06. The lowest BCUT2D eigenvalue weighted by Crippen LogP contribution is -2.25. The molecule has 1 N–H and O–H groups in total. The number of fused-ring (bicyclic) bond motifs is 1. The van der Waals surface area contributed by atoms with Gasteiger partial charge in [-0.3, -0.25) is 4.79 Å². The van der Waals surface area contributed by atoms with E-state index in [0.29, 0.717) is 16.6 Å². The number of carbonyl (C=O) groups excluding carboxylic acids is 1. The summed E-state index contributed by atoms with van der Waals surface area (Å²) >= 11 is 1.37. The second-order valence-corrected chi connectivity index (χ2v) is 6.52. The molecule has 0 unspecified atom stereocenters. The van der Waals surface area contributed by atoms with Gasteiger partial charge in [0, 0.05) is 11.4 Å². The first-order valence-corrected chi connectivity index (χ1v) is 7.82. The number of hydrogen-bond donors (Lipinski definition) is 1. The molecule has 1 amide bonds. The summed E-state index contributed by atoms with van der Waals surface area (Å²) in [4.78, 5) is 16.9. The maximum absolute atomic E-state index is 12.4. The first-order valence-electron chi connectivity index (χ1n) is 6.94. The standard InChI is InChI=1S/C16H15N3OS/c1-10(9-17)21-15-8-13(16(20)18-11-6-7-11)12-4-2-3-5-14(12)19-15/h2-5,8,10-11H,6-7H2,1H3,(H,18,20)/t10-/m0/s1. The Kier molecular flexibility index (Phi) is 3.80. The molecule has 1 saturated carbocycles. The number of aromatic nitrogens is 1. The molecule has 0 spiro atoms. The van der Waals surface area contributed by atoms with E-state index >= 15 is 0 Å². The van der Waals surface area contributed by atoms with Gasteiger partial charge in [-0.05, 0) is 31.9 Å². The Morgan fingerprint density at radius 2 is 2.24 bits per heavy atom. The topological polar surface area (TPSA) is 65.8 Å². The van der Waals surface area contributed by atoms with Crippen LogP contribution in [0.5, 0.6) is 0 Å². The number of hydrogen-bond acceptors (Lipinski definition) is 4. The largest absolute Gasteiger partial charge is 0.349 e. The summed E-state index contributed by atoms with van der Waals surface area (Å²) in [6, 6.07) is 11.9. The zero-order chi connectivity index (χ0) is 14.8. The summed E-state index contributed by atoms with van der Waals surface area (Å²) in [6.07, 6.45) is 2.11. The predicted molar refractivity (Wildman–Crippen MR) is 83.2 cm³/mol. The van der Waals surface area contributed by atoms with E-state index in [1.807, 2.05) is 31.2 Å². The summed E-state index contributed by atoms with van der Waals surface area (Å²) in [7, 11) is 0. The molecule has 0 radical (unpaired) electrons. The van der Waals surface area contributed by atoms with Gasteiger partial charge in [-0.2, -0.15) is 5.26 Å². The fraction of sp³-hybridized carbons (Fsp3) is 0.312. The Morgan fingerprint density at radius 3 is 2.95 bits per heavy atom. The van der Waals surface area contributed by atoms with Crippen molar-refractivity contribution >= 4 is 28.6 Å². The van der Waals surface area contributed by atoms with Crippen molar-refractivity contribution in [1.82, 2.24) is 10.3 Å². The van der Waals surface area contributed by atoms with Gasteiger partial charge in [-0.25, -0.2) is 4.98 Å². The third-order valence-electron chi connectivity index (χ3n) is 3.33. The Morgan fingerprint density at radius 1 is 1.48 bits per heavy atom. The van der Waals surface area contributed by atoms with E-state index in [4.69, 9.17) is 5.26 Å². The summed E-state index contributed by atoms with van der Waals surface area (Å²) in [6.45, 7) is 1.82. The molecule has 0 bridgehead atoms. The Bertz CT molecular complexity index is 734. The second-order valence-electron chi connectivity index (χ2n) is 5.16. The normalized spacial score (nSPS) is 15.4. The van der Waals surface area contributed by atoms with Crippen LogP contribution < -0.4 is 5.32 Å². The molecule has 3 rings (SSSR count). The molecule has 1 heterocycles. The molecule has 1 aromatic carbocycles. The molecule has 1 aliphatic carbocycles. The van der Waals surface area contributed by atoms with Gasteiger partial charge in [0.05, 0.1) is 27.4 Å². The molecule has 0 saturated heterocycles. The predicted octanol–water partition coefficient (Wildman–Crippen LogP) is 3.13. The van der Waals surface area contributed by atoms with Crippen molar-refractivity contribution in [2.75, 3.05) is 0 Å². The minimum atomic E-state index is -0.196. The smallest absolute Gasteiger partial charge is 0.252 e.